The minimum absolute atomic E-state index is 0.481. The molecule has 4 amide bonds. The Bertz CT molecular complexity index is 1130. The normalized spacial score (nSPS) is 15.3. The van der Waals surface area contributed by atoms with E-state index in [4.69, 9.17) is 0 Å². The van der Waals surface area contributed by atoms with Crippen LogP contribution in [0, 0.1) is 13.8 Å². The summed E-state index contributed by atoms with van der Waals surface area (Å²) in [7, 11) is 0. The van der Waals surface area contributed by atoms with E-state index in [2.05, 4.69) is 35.1 Å². The summed E-state index contributed by atoms with van der Waals surface area (Å²) < 4.78 is 1.17. The Hall–Kier alpha value is -3.46. The van der Waals surface area contributed by atoms with Crippen molar-refractivity contribution in [2.45, 2.75) is 19.9 Å². The highest BCUT2D eigenvalue weighted by Gasteiger charge is 2.34. The zero-order valence-electron chi connectivity index (χ0n) is 15.0. The Morgan fingerprint density at radius 2 is 1.64 bits per heavy atom. The zero-order valence-corrected chi connectivity index (χ0v) is 15.8. The topological polar surface area (TPSA) is 113 Å². The molecule has 0 spiro atoms. The van der Waals surface area contributed by atoms with E-state index in [0.29, 0.717) is 5.69 Å². The molecule has 0 unspecified atom stereocenters. The Morgan fingerprint density at radius 3 is 2.32 bits per heavy atom. The number of carbonyl (C=O) groups is 3. The maximum Gasteiger partial charge on any atom is 0.328 e. The first kappa shape index (κ1) is 17.9. The van der Waals surface area contributed by atoms with Gasteiger partial charge >= 0.3 is 6.03 Å². The number of thiazole rings is 1. The number of barbiturate groups is 1. The second-order valence-corrected chi connectivity index (χ2v) is 7.35. The van der Waals surface area contributed by atoms with Gasteiger partial charge in [-0.3, -0.25) is 20.2 Å². The molecule has 1 fully saturated rings. The van der Waals surface area contributed by atoms with Crippen molar-refractivity contribution in [3.63, 3.8) is 0 Å². The first-order valence-electron chi connectivity index (χ1n) is 8.46. The summed E-state index contributed by atoms with van der Waals surface area (Å²) in [5.74, 6) is -1.59. The first-order valence-corrected chi connectivity index (χ1v) is 9.28. The van der Waals surface area contributed by atoms with Crippen LogP contribution in [-0.4, -0.2) is 28.9 Å². The van der Waals surface area contributed by atoms with E-state index in [-0.39, 0.29) is 0 Å². The number of hydrogen-bond donors (Lipinski definition) is 2. The van der Waals surface area contributed by atoms with Crippen LogP contribution in [0.1, 0.15) is 11.1 Å². The van der Waals surface area contributed by atoms with Crippen molar-refractivity contribution in [2.24, 2.45) is 10.2 Å². The average molecular weight is 393 g/mol. The lowest BCUT2D eigenvalue weighted by Gasteiger charge is -2.16. The van der Waals surface area contributed by atoms with Gasteiger partial charge in [-0.2, -0.15) is 10.2 Å². The molecule has 1 aliphatic rings. The van der Waals surface area contributed by atoms with E-state index in [0.717, 1.165) is 16.1 Å². The van der Waals surface area contributed by atoms with Gasteiger partial charge in [-0.15, -0.1) is 11.3 Å². The summed E-state index contributed by atoms with van der Waals surface area (Å²) in [6.45, 7) is 4.17. The standard InChI is InChI=1S/C19H15N5O3S/c1-9-3-8-13-15(10(9)2)28-18(20-13)11-4-6-12(7-5-11)23-24-14-16(25)21-19(27)22-17(14)26/h3-8,14H,1-2H3,(H2,21,22,25,26,27). The Balaban J connectivity index is 1.56. The SMILES string of the molecule is Cc1ccc2nc(-c3ccc(N=NC4C(=O)NC(=O)NC4=O)cc3)sc2c1C. The number of azo groups is 1. The molecule has 28 heavy (non-hydrogen) atoms. The third kappa shape index (κ3) is 3.27. The van der Waals surface area contributed by atoms with Gasteiger partial charge in [-0.25, -0.2) is 9.78 Å². The molecule has 0 aliphatic carbocycles. The molecule has 8 nitrogen and oxygen atoms in total. The maximum absolute atomic E-state index is 11.7. The van der Waals surface area contributed by atoms with Crippen LogP contribution in [0.4, 0.5) is 10.5 Å². The fourth-order valence-corrected chi connectivity index (χ4v) is 3.88. The summed E-state index contributed by atoms with van der Waals surface area (Å²) in [6, 6.07) is 9.03. The number of urea groups is 1. The molecule has 0 radical (unpaired) electrons. The lowest BCUT2D eigenvalue weighted by molar-refractivity contribution is -0.131. The van der Waals surface area contributed by atoms with Gasteiger partial charge in [0.2, 0.25) is 6.04 Å². The van der Waals surface area contributed by atoms with E-state index in [1.807, 2.05) is 28.8 Å². The van der Waals surface area contributed by atoms with Crippen molar-refractivity contribution >= 4 is 45.1 Å². The molecule has 2 heterocycles. The molecule has 9 heteroatoms. The molecule has 1 saturated heterocycles. The average Bonchev–Trinajstić information content (AvgIpc) is 3.09. The molecule has 0 bridgehead atoms. The molecule has 2 aromatic carbocycles. The number of nitrogens with one attached hydrogen (secondary N) is 2. The summed E-state index contributed by atoms with van der Waals surface area (Å²) in [4.78, 5) is 39.0. The zero-order chi connectivity index (χ0) is 19.8. The molecule has 140 valence electrons. The Morgan fingerprint density at radius 1 is 0.964 bits per heavy atom. The molecular formula is C19H15N5O3S. The third-order valence-electron chi connectivity index (χ3n) is 4.45. The van der Waals surface area contributed by atoms with Crippen molar-refractivity contribution in [3.05, 3.63) is 47.5 Å². The van der Waals surface area contributed by atoms with Crippen molar-refractivity contribution < 1.29 is 14.4 Å². The summed E-state index contributed by atoms with van der Waals surface area (Å²) in [5, 5.41) is 12.5. The van der Waals surface area contributed by atoms with Gasteiger partial charge in [0, 0.05) is 5.56 Å². The fraction of sp³-hybridized carbons (Fsp3) is 0.158. The predicted molar refractivity (Wildman–Crippen MR) is 105 cm³/mol. The van der Waals surface area contributed by atoms with E-state index in [9.17, 15) is 14.4 Å². The summed E-state index contributed by atoms with van der Waals surface area (Å²) in [6.07, 6.45) is 0. The van der Waals surface area contributed by atoms with Crippen LogP contribution in [0.3, 0.4) is 0 Å². The van der Waals surface area contributed by atoms with Crippen LogP contribution in [0.5, 0.6) is 0 Å². The molecule has 1 aliphatic heterocycles. The number of imide groups is 2. The van der Waals surface area contributed by atoms with Gasteiger partial charge in [0.05, 0.1) is 15.9 Å². The van der Waals surface area contributed by atoms with E-state index in [1.54, 1.807) is 23.5 Å². The van der Waals surface area contributed by atoms with Gasteiger partial charge < -0.3 is 0 Å². The van der Waals surface area contributed by atoms with Gasteiger partial charge in [-0.1, -0.05) is 6.07 Å². The molecule has 4 rings (SSSR count). The minimum atomic E-state index is -1.38. The molecule has 3 aromatic rings. The molecule has 0 atom stereocenters. The van der Waals surface area contributed by atoms with Gasteiger partial charge in [0.15, 0.2) is 0 Å². The van der Waals surface area contributed by atoms with E-state index < -0.39 is 23.9 Å². The maximum atomic E-state index is 11.7. The van der Waals surface area contributed by atoms with Crippen LogP contribution < -0.4 is 10.6 Å². The molecule has 0 saturated carbocycles. The molecular weight excluding hydrogens is 378 g/mol. The predicted octanol–water partition coefficient (Wildman–Crippen LogP) is 3.40. The Kier molecular flexibility index (Phi) is 4.44. The van der Waals surface area contributed by atoms with Crippen molar-refractivity contribution in [3.8, 4) is 10.6 Å². The van der Waals surface area contributed by atoms with Crippen LogP contribution in [0.2, 0.25) is 0 Å². The molecule has 1 aromatic heterocycles. The summed E-state index contributed by atoms with van der Waals surface area (Å²) in [5.41, 5.74) is 4.85. The van der Waals surface area contributed by atoms with Crippen LogP contribution in [0.25, 0.3) is 20.8 Å². The van der Waals surface area contributed by atoms with Crippen LogP contribution in [-0.2, 0) is 9.59 Å². The lowest BCUT2D eigenvalue weighted by atomic mass is 10.1. The van der Waals surface area contributed by atoms with E-state index in [1.165, 1.54) is 15.8 Å². The smallest absolute Gasteiger partial charge is 0.275 e. The second-order valence-electron chi connectivity index (χ2n) is 6.35. The highest BCUT2D eigenvalue weighted by atomic mass is 32.1. The van der Waals surface area contributed by atoms with Gasteiger partial charge in [0.1, 0.15) is 5.01 Å². The largest absolute Gasteiger partial charge is 0.328 e. The number of aryl methyl sites for hydroxylation is 2. The van der Waals surface area contributed by atoms with Crippen LogP contribution >= 0.6 is 11.3 Å². The van der Waals surface area contributed by atoms with Crippen LogP contribution in [0.15, 0.2) is 46.6 Å². The number of hydrogen-bond acceptors (Lipinski definition) is 7. The number of aromatic nitrogens is 1. The highest BCUT2D eigenvalue weighted by Crippen LogP contribution is 2.34. The second kappa shape index (κ2) is 6.93. The monoisotopic (exact) mass is 393 g/mol. The van der Waals surface area contributed by atoms with Gasteiger partial charge in [-0.05, 0) is 55.3 Å². The highest BCUT2D eigenvalue weighted by molar-refractivity contribution is 7.21. The first-order chi connectivity index (χ1) is 13.4. The number of carbonyl (C=O) groups excluding carboxylic acids is 3. The number of benzene rings is 2. The number of fused-ring (bicyclic) bond motifs is 1. The number of nitrogens with zero attached hydrogens (tertiary/aromatic N) is 3. The van der Waals surface area contributed by atoms with Crippen molar-refractivity contribution in [1.29, 1.82) is 0 Å². The van der Waals surface area contributed by atoms with Gasteiger partial charge in [0.25, 0.3) is 11.8 Å². The fourth-order valence-electron chi connectivity index (χ4n) is 2.76. The summed E-state index contributed by atoms with van der Waals surface area (Å²) >= 11 is 1.63. The molecule has 2 N–H and O–H groups in total. The van der Waals surface area contributed by atoms with E-state index >= 15 is 0 Å². The minimum Gasteiger partial charge on any atom is -0.275 e. The number of amides is 4. The lowest BCUT2D eigenvalue weighted by Crippen LogP contribution is -2.57. The Labute approximate surface area is 163 Å². The third-order valence-corrected chi connectivity index (χ3v) is 5.69. The van der Waals surface area contributed by atoms with Crippen molar-refractivity contribution in [2.75, 3.05) is 0 Å². The van der Waals surface area contributed by atoms with Crippen molar-refractivity contribution in [1.82, 2.24) is 15.6 Å². The number of rotatable bonds is 3. The quantitative estimate of drug-likeness (QED) is 0.524.